The Balaban J connectivity index is 2.28. The molecule has 4 nitrogen and oxygen atoms in total. The molecule has 0 amide bonds. The van der Waals surface area contributed by atoms with Crippen LogP contribution in [0.3, 0.4) is 0 Å². The van der Waals surface area contributed by atoms with E-state index in [-0.39, 0.29) is 18.4 Å². The third-order valence-corrected chi connectivity index (χ3v) is 3.85. The van der Waals surface area contributed by atoms with Crippen molar-refractivity contribution in [3.05, 3.63) is 52.3 Å². The van der Waals surface area contributed by atoms with Gasteiger partial charge in [-0.05, 0) is 47.8 Å². The molecule has 0 aliphatic carbocycles. The van der Waals surface area contributed by atoms with Crippen LogP contribution in [0.5, 0.6) is 0 Å². The monoisotopic (exact) mass is 358 g/mol. The standard InChI is InChI=1S/C14H13BrF2N2O2/c1-14(13(20)21,19-8-9(15)7-18-19)6-5-10-11(16)3-2-4-12(10)17/h2-4,7-8H,5-6H2,1H3,(H,20,21). The molecule has 0 radical (unpaired) electrons. The zero-order chi connectivity index (χ0) is 15.6. The van der Waals surface area contributed by atoms with Gasteiger partial charge in [0.25, 0.3) is 0 Å². The van der Waals surface area contributed by atoms with Crippen LogP contribution in [0.15, 0.2) is 35.1 Å². The number of hydrogen-bond acceptors (Lipinski definition) is 2. The van der Waals surface area contributed by atoms with Crippen molar-refractivity contribution < 1.29 is 18.7 Å². The molecule has 0 saturated carbocycles. The van der Waals surface area contributed by atoms with Crippen LogP contribution in [0, 0.1) is 11.6 Å². The topological polar surface area (TPSA) is 55.1 Å². The molecule has 0 fully saturated rings. The van der Waals surface area contributed by atoms with Crippen molar-refractivity contribution in [2.45, 2.75) is 25.3 Å². The van der Waals surface area contributed by atoms with Gasteiger partial charge in [0.05, 0.1) is 10.7 Å². The molecule has 0 bridgehead atoms. The van der Waals surface area contributed by atoms with Gasteiger partial charge in [-0.3, -0.25) is 4.68 Å². The van der Waals surface area contributed by atoms with E-state index in [2.05, 4.69) is 21.0 Å². The van der Waals surface area contributed by atoms with Gasteiger partial charge in [-0.25, -0.2) is 13.6 Å². The number of halogens is 3. The van der Waals surface area contributed by atoms with Gasteiger partial charge in [-0.2, -0.15) is 5.10 Å². The molecule has 0 saturated heterocycles. The van der Waals surface area contributed by atoms with Crippen LogP contribution in [-0.2, 0) is 16.8 Å². The second-order valence-electron chi connectivity index (χ2n) is 4.88. The van der Waals surface area contributed by atoms with Gasteiger partial charge < -0.3 is 5.11 Å². The maximum Gasteiger partial charge on any atom is 0.331 e. The van der Waals surface area contributed by atoms with E-state index in [1.54, 1.807) is 0 Å². The second kappa shape index (κ2) is 5.93. The van der Waals surface area contributed by atoms with Gasteiger partial charge in [-0.15, -0.1) is 0 Å². The third-order valence-electron chi connectivity index (χ3n) is 3.44. The molecule has 7 heteroatoms. The molecule has 1 aromatic heterocycles. The predicted octanol–water partition coefficient (Wildman–Crippen LogP) is 3.36. The van der Waals surface area contributed by atoms with Gasteiger partial charge >= 0.3 is 5.97 Å². The Kier molecular flexibility index (Phi) is 4.41. The Morgan fingerprint density at radius 2 is 2.05 bits per heavy atom. The largest absolute Gasteiger partial charge is 0.479 e. The number of rotatable bonds is 5. The number of carboxylic acids is 1. The minimum absolute atomic E-state index is 0.00824. The van der Waals surface area contributed by atoms with E-state index in [1.165, 1.54) is 30.1 Å². The van der Waals surface area contributed by atoms with Crippen LogP contribution in [0.25, 0.3) is 0 Å². The highest BCUT2D eigenvalue weighted by molar-refractivity contribution is 9.10. The molecule has 21 heavy (non-hydrogen) atoms. The molecule has 0 spiro atoms. The molecular formula is C14H13BrF2N2O2. The van der Waals surface area contributed by atoms with Crippen molar-refractivity contribution in [1.29, 1.82) is 0 Å². The molecule has 1 aromatic carbocycles. The normalized spacial score (nSPS) is 13.9. The highest BCUT2D eigenvalue weighted by atomic mass is 79.9. The van der Waals surface area contributed by atoms with Crippen molar-refractivity contribution in [2.24, 2.45) is 0 Å². The Bertz CT molecular complexity index is 654. The first-order chi connectivity index (χ1) is 9.84. The van der Waals surface area contributed by atoms with Gasteiger partial charge in [0, 0.05) is 11.8 Å². The van der Waals surface area contributed by atoms with Crippen molar-refractivity contribution in [1.82, 2.24) is 9.78 Å². The van der Waals surface area contributed by atoms with Crippen LogP contribution in [0.2, 0.25) is 0 Å². The van der Waals surface area contributed by atoms with Gasteiger partial charge in [-0.1, -0.05) is 6.07 Å². The summed E-state index contributed by atoms with van der Waals surface area (Å²) in [7, 11) is 0. The Morgan fingerprint density at radius 3 is 2.52 bits per heavy atom. The highest BCUT2D eigenvalue weighted by Crippen LogP contribution is 2.26. The first-order valence-electron chi connectivity index (χ1n) is 6.21. The fourth-order valence-electron chi connectivity index (χ4n) is 2.03. The number of nitrogens with zero attached hydrogens (tertiary/aromatic N) is 2. The Labute approximate surface area is 128 Å². The summed E-state index contributed by atoms with van der Waals surface area (Å²) in [6, 6.07) is 3.58. The van der Waals surface area contributed by atoms with Crippen LogP contribution in [0.1, 0.15) is 18.9 Å². The third kappa shape index (κ3) is 3.12. The Hall–Kier alpha value is -1.76. The molecule has 0 aliphatic heterocycles. The van der Waals surface area contributed by atoms with Crippen molar-refractivity contribution in [2.75, 3.05) is 0 Å². The van der Waals surface area contributed by atoms with E-state index in [1.807, 2.05) is 0 Å². The van der Waals surface area contributed by atoms with Crippen LogP contribution in [0.4, 0.5) is 8.78 Å². The lowest BCUT2D eigenvalue weighted by molar-refractivity contribution is -0.147. The number of benzene rings is 1. The van der Waals surface area contributed by atoms with Crippen molar-refractivity contribution >= 4 is 21.9 Å². The average molecular weight is 359 g/mol. The zero-order valence-corrected chi connectivity index (χ0v) is 12.8. The van der Waals surface area contributed by atoms with Gasteiger partial charge in [0.2, 0.25) is 0 Å². The van der Waals surface area contributed by atoms with Crippen LogP contribution >= 0.6 is 15.9 Å². The second-order valence-corrected chi connectivity index (χ2v) is 5.80. The SMILES string of the molecule is CC(CCc1c(F)cccc1F)(C(=O)O)n1cc(Br)cn1. The number of hydrogen-bond donors (Lipinski definition) is 1. The lowest BCUT2D eigenvalue weighted by Gasteiger charge is -2.25. The number of carbonyl (C=O) groups is 1. The summed E-state index contributed by atoms with van der Waals surface area (Å²) < 4.78 is 29.1. The van der Waals surface area contributed by atoms with E-state index >= 15 is 0 Å². The van der Waals surface area contributed by atoms with E-state index < -0.39 is 23.1 Å². The average Bonchev–Trinajstić information content (AvgIpc) is 2.84. The Morgan fingerprint density at radius 1 is 1.43 bits per heavy atom. The number of aliphatic carboxylic acids is 1. The molecule has 112 valence electrons. The van der Waals surface area contributed by atoms with Crippen LogP contribution in [-0.4, -0.2) is 20.9 Å². The van der Waals surface area contributed by atoms with E-state index in [4.69, 9.17) is 0 Å². The van der Waals surface area contributed by atoms with E-state index in [0.29, 0.717) is 4.47 Å². The van der Waals surface area contributed by atoms with Gasteiger partial charge in [0.1, 0.15) is 11.6 Å². The molecule has 1 heterocycles. The fraction of sp³-hybridized carbons (Fsp3) is 0.286. The molecule has 1 unspecified atom stereocenters. The van der Waals surface area contributed by atoms with E-state index in [9.17, 15) is 18.7 Å². The molecule has 0 aliphatic rings. The minimum atomic E-state index is -1.39. The fourth-order valence-corrected chi connectivity index (χ4v) is 2.32. The molecule has 2 aromatic rings. The summed E-state index contributed by atoms with van der Waals surface area (Å²) in [4.78, 5) is 11.6. The number of aromatic nitrogens is 2. The van der Waals surface area contributed by atoms with E-state index in [0.717, 1.165) is 12.1 Å². The summed E-state index contributed by atoms with van der Waals surface area (Å²) in [5.41, 5.74) is -1.50. The predicted molar refractivity (Wildman–Crippen MR) is 75.9 cm³/mol. The molecule has 1 atom stereocenters. The summed E-state index contributed by atoms with van der Waals surface area (Å²) in [5, 5.41) is 13.4. The summed E-state index contributed by atoms with van der Waals surface area (Å²) in [5.74, 6) is -2.47. The minimum Gasteiger partial charge on any atom is -0.479 e. The smallest absolute Gasteiger partial charge is 0.331 e. The van der Waals surface area contributed by atoms with Crippen LogP contribution < -0.4 is 0 Å². The zero-order valence-electron chi connectivity index (χ0n) is 11.2. The first kappa shape index (κ1) is 15.6. The van der Waals surface area contributed by atoms with Crippen molar-refractivity contribution in [3.63, 3.8) is 0 Å². The maximum absolute atomic E-state index is 13.6. The highest BCUT2D eigenvalue weighted by Gasteiger charge is 2.36. The first-order valence-corrected chi connectivity index (χ1v) is 7.01. The molecular weight excluding hydrogens is 346 g/mol. The lowest BCUT2D eigenvalue weighted by atomic mass is 9.93. The lowest BCUT2D eigenvalue weighted by Crippen LogP contribution is -2.40. The molecule has 2 rings (SSSR count). The van der Waals surface area contributed by atoms with Gasteiger partial charge in [0.15, 0.2) is 5.54 Å². The summed E-state index contributed by atoms with van der Waals surface area (Å²) in [6.45, 7) is 1.47. The number of carboxylic acid groups (broad SMARTS) is 1. The summed E-state index contributed by atoms with van der Waals surface area (Å²) in [6.07, 6.45) is 2.95. The molecule has 1 N–H and O–H groups in total. The quantitative estimate of drug-likeness (QED) is 0.891. The maximum atomic E-state index is 13.6. The summed E-state index contributed by atoms with van der Waals surface area (Å²) >= 11 is 3.20. The van der Waals surface area contributed by atoms with Crippen molar-refractivity contribution in [3.8, 4) is 0 Å².